The predicted molar refractivity (Wildman–Crippen MR) is 125 cm³/mol. The molecule has 0 bridgehead atoms. The molecule has 0 saturated heterocycles. The van der Waals surface area contributed by atoms with Gasteiger partial charge in [-0.3, -0.25) is 4.79 Å². The molecular formula is C26H25NO2S. The second-order valence-electron chi connectivity index (χ2n) is 7.97. The van der Waals surface area contributed by atoms with Crippen molar-refractivity contribution in [1.82, 2.24) is 4.98 Å². The quantitative estimate of drug-likeness (QED) is 0.348. The first-order chi connectivity index (χ1) is 14.4. The first kappa shape index (κ1) is 20.3. The van der Waals surface area contributed by atoms with Gasteiger partial charge < -0.3 is 5.11 Å². The minimum atomic E-state index is 0.0912. The van der Waals surface area contributed by atoms with Crippen LogP contribution in [0.5, 0.6) is 5.75 Å². The van der Waals surface area contributed by atoms with Crippen molar-refractivity contribution in [3.05, 3.63) is 82.4 Å². The van der Waals surface area contributed by atoms with Gasteiger partial charge in [0.25, 0.3) is 0 Å². The van der Waals surface area contributed by atoms with Gasteiger partial charge in [0.1, 0.15) is 10.8 Å². The Hall–Kier alpha value is -2.98. The third-order valence-electron chi connectivity index (χ3n) is 5.37. The summed E-state index contributed by atoms with van der Waals surface area (Å²) in [6.07, 6.45) is 1.11. The Labute approximate surface area is 181 Å². The largest absolute Gasteiger partial charge is 0.508 e. The molecule has 4 heteroatoms. The molecule has 1 N–H and O–H groups in total. The number of carbonyl (C=O) groups excluding carboxylic acids is 1. The summed E-state index contributed by atoms with van der Waals surface area (Å²) in [6, 6.07) is 19.8. The summed E-state index contributed by atoms with van der Waals surface area (Å²) in [6.45, 7) is 6.10. The Morgan fingerprint density at radius 3 is 2.53 bits per heavy atom. The lowest BCUT2D eigenvalue weighted by Gasteiger charge is -2.06. The van der Waals surface area contributed by atoms with Crippen LogP contribution in [0.3, 0.4) is 0 Å². The van der Waals surface area contributed by atoms with Gasteiger partial charge in [0.2, 0.25) is 0 Å². The fourth-order valence-corrected chi connectivity index (χ4v) is 4.85. The standard InChI is InChI=1S/C26H25NO2S/c1-16(2)25-24(13-12-23(29)20-10-11-22(28)17(3)14-20)30-26(27-25)21-9-8-18-6-4-5-7-19(18)15-21/h4-11,14-16,28H,12-13H2,1-3H3. The summed E-state index contributed by atoms with van der Waals surface area (Å²) in [5.74, 6) is 0.612. The monoisotopic (exact) mass is 415 g/mol. The van der Waals surface area contributed by atoms with Gasteiger partial charge in [0.05, 0.1) is 5.69 Å². The van der Waals surface area contributed by atoms with Crippen LogP contribution >= 0.6 is 11.3 Å². The van der Waals surface area contributed by atoms with E-state index in [0.717, 1.165) is 21.8 Å². The summed E-state index contributed by atoms with van der Waals surface area (Å²) in [4.78, 5) is 18.8. The number of benzene rings is 3. The molecule has 0 radical (unpaired) electrons. The summed E-state index contributed by atoms with van der Waals surface area (Å²) in [5.41, 5.74) is 3.57. The number of phenolic OH excluding ortho intramolecular Hbond substituents is 1. The zero-order chi connectivity index (χ0) is 21.3. The summed E-state index contributed by atoms with van der Waals surface area (Å²) < 4.78 is 0. The van der Waals surface area contributed by atoms with E-state index in [2.05, 4.69) is 50.2 Å². The van der Waals surface area contributed by atoms with Crippen molar-refractivity contribution in [3.63, 3.8) is 0 Å². The van der Waals surface area contributed by atoms with Crippen molar-refractivity contribution in [2.75, 3.05) is 0 Å². The van der Waals surface area contributed by atoms with Gasteiger partial charge in [-0.15, -0.1) is 11.3 Å². The van der Waals surface area contributed by atoms with E-state index >= 15 is 0 Å². The van der Waals surface area contributed by atoms with Crippen LogP contribution in [0.2, 0.25) is 0 Å². The molecule has 0 atom stereocenters. The Morgan fingerprint density at radius 1 is 1.03 bits per heavy atom. The van der Waals surface area contributed by atoms with E-state index in [1.165, 1.54) is 15.6 Å². The van der Waals surface area contributed by atoms with Crippen LogP contribution in [0, 0.1) is 6.92 Å². The molecule has 1 heterocycles. The van der Waals surface area contributed by atoms with Crippen molar-refractivity contribution in [2.24, 2.45) is 0 Å². The molecule has 0 amide bonds. The highest BCUT2D eigenvalue weighted by molar-refractivity contribution is 7.15. The first-order valence-corrected chi connectivity index (χ1v) is 11.1. The Kier molecular flexibility index (Phi) is 5.69. The highest BCUT2D eigenvalue weighted by atomic mass is 32.1. The van der Waals surface area contributed by atoms with Gasteiger partial charge in [-0.1, -0.05) is 50.2 Å². The molecule has 30 heavy (non-hydrogen) atoms. The highest BCUT2D eigenvalue weighted by Gasteiger charge is 2.17. The number of aromatic nitrogens is 1. The third-order valence-corrected chi connectivity index (χ3v) is 6.55. The molecule has 3 aromatic carbocycles. The Morgan fingerprint density at radius 2 is 1.80 bits per heavy atom. The summed E-state index contributed by atoms with van der Waals surface area (Å²) >= 11 is 1.69. The lowest BCUT2D eigenvalue weighted by molar-refractivity contribution is 0.0983. The number of aryl methyl sites for hydroxylation is 2. The number of ketones is 1. The number of Topliss-reactive ketones (excluding diaryl/α,β-unsaturated/α-hetero) is 1. The van der Waals surface area contributed by atoms with Gasteiger partial charge in [-0.25, -0.2) is 4.98 Å². The van der Waals surface area contributed by atoms with Gasteiger partial charge in [0.15, 0.2) is 5.78 Å². The normalized spacial score (nSPS) is 11.3. The third kappa shape index (κ3) is 4.14. The topological polar surface area (TPSA) is 50.2 Å². The molecule has 0 aliphatic carbocycles. The zero-order valence-corrected chi connectivity index (χ0v) is 18.3. The molecular weight excluding hydrogens is 390 g/mol. The lowest BCUT2D eigenvalue weighted by atomic mass is 10.0. The van der Waals surface area contributed by atoms with Crippen LogP contribution in [0.25, 0.3) is 21.3 Å². The molecule has 0 fully saturated rings. The number of carbonyl (C=O) groups is 1. The average molecular weight is 416 g/mol. The number of nitrogens with zero attached hydrogens (tertiary/aromatic N) is 1. The van der Waals surface area contributed by atoms with Crippen molar-refractivity contribution in [2.45, 2.75) is 39.5 Å². The van der Waals surface area contributed by atoms with Crippen molar-refractivity contribution >= 4 is 27.9 Å². The van der Waals surface area contributed by atoms with Crippen molar-refractivity contribution in [1.29, 1.82) is 0 Å². The number of aromatic hydroxyl groups is 1. The maximum atomic E-state index is 12.7. The second-order valence-corrected chi connectivity index (χ2v) is 9.05. The van der Waals surface area contributed by atoms with Crippen molar-refractivity contribution < 1.29 is 9.90 Å². The van der Waals surface area contributed by atoms with Gasteiger partial charge in [0, 0.05) is 22.4 Å². The van der Waals surface area contributed by atoms with E-state index < -0.39 is 0 Å². The maximum absolute atomic E-state index is 12.7. The van der Waals surface area contributed by atoms with Crippen molar-refractivity contribution in [3.8, 4) is 16.3 Å². The number of thiazole rings is 1. The first-order valence-electron chi connectivity index (χ1n) is 10.2. The average Bonchev–Trinajstić information content (AvgIpc) is 3.18. The van der Waals surface area contributed by atoms with Crippen LogP contribution < -0.4 is 0 Å². The fraction of sp³-hybridized carbons (Fsp3) is 0.231. The predicted octanol–water partition coefficient (Wildman–Crippen LogP) is 6.92. The molecule has 0 saturated carbocycles. The molecule has 1 aromatic heterocycles. The molecule has 152 valence electrons. The minimum Gasteiger partial charge on any atom is -0.508 e. The molecule has 0 aliphatic rings. The number of fused-ring (bicyclic) bond motifs is 1. The second kappa shape index (κ2) is 8.41. The molecule has 4 rings (SSSR count). The van der Waals surface area contributed by atoms with Gasteiger partial charge >= 0.3 is 0 Å². The smallest absolute Gasteiger partial charge is 0.163 e. The van der Waals surface area contributed by atoms with E-state index in [-0.39, 0.29) is 11.5 Å². The molecule has 0 spiro atoms. The van der Waals surface area contributed by atoms with Crippen LogP contribution in [-0.4, -0.2) is 15.9 Å². The molecule has 0 aliphatic heterocycles. The summed E-state index contributed by atoms with van der Waals surface area (Å²) in [7, 11) is 0. The SMILES string of the molecule is Cc1cc(C(=O)CCc2sc(-c3ccc4ccccc4c3)nc2C(C)C)ccc1O. The Bertz CT molecular complexity index is 1220. The molecule has 3 nitrogen and oxygen atoms in total. The molecule has 0 unspecified atom stereocenters. The highest BCUT2D eigenvalue weighted by Crippen LogP contribution is 2.34. The zero-order valence-electron chi connectivity index (χ0n) is 17.5. The minimum absolute atomic E-state index is 0.0912. The number of hydrogen-bond donors (Lipinski definition) is 1. The fourth-order valence-electron chi connectivity index (χ4n) is 3.64. The molecule has 4 aromatic rings. The van der Waals surface area contributed by atoms with Crippen LogP contribution in [0.15, 0.2) is 60.7 Å². The van der Waals surface area contributed by atoms with Crippen LogP contribution in [0.1, 0.15) is 52.7 Å². The summed E-state index contributed by atoms with van der Waals surface area (Å²) in [5, 5.41) is 13.1. The lowest BCUT2D eigenvalue weighted by Crippen LogP contribution is -2.02. The van der Waals surface area contributed by atoms with E-state index in [0.29, 0.717) is 24.3 Å². The number of phenols is 1. The number of rotatable bonds is 6. The van der Waals surface area contributed by atoms with E-state index in [1.54, 1.807) is 29.5 Å². The van der Waals surface area contributed by atoms with Gasteiger partial charge in [-0.2, -0.15) is 0 Å². The van der Waals surface area contributed by atoms with Crippen LogP contribution in [0.4, 0.5) is 0 Å². The van der Waals surface area contributed by atoms with E-state index in [4.69, 9.17) is 4.98 Å². The van der Waals surface area contributed by atoms with Gasteiger partial charge in [-0.05, 0) is 59.9 Å². The maximum Gasteiger partial charge on any atom is 0.163 e. The van der Waals surface area contributed by atoms with E-state index in [9.17, 15) is 9.90 Å². The van der Waals surface area contributed by atoms with E-state index in [1.807, 2.05) is 13.0 Å². The Balaban J connectivity index is 1.59. The van der Waals surface area contributed by atoms with Crippen LogP contribution in [-0.2, 0) is 6.42 Å². The number of hydrogen-bond acceptors (Lipinski definition) is 4.